The molecule has 0 heterocycles. The summed E-state index contributed by atoms with van der Waals surface area (Å²) < 4.78 is 25.4. The van der Waals surface area contributed by atoms with Gasteiger partial charge in [-0.2, -0.15) is 0 Å². The van der Waals surface area contributed by atoms with Crippen molar-refractivity contribution in [2.75, 3.05) is 0 Å². The van der Waals surface area contributed by atoms with Crippen LogP contribution in [0.2, 0.25) is 0 Å². The van der Waals surface area contributed by atoms with Gasteiger partial charge in [-0.3, -0.25) is 4.79 Å². The van der Waals surface area contributed by atoms with Crippen molar-refractivity contribution in [2.45, 2.75) is 12.7 Å². The largest absolute Gasteiger partial charge is 0.288 e. The van der Waals surface area contributed by atoms with E-state index in [9.17, 15) is 13.6 Å². The fourth-order valence-corrected chi connectivity index (χ4v) is 1.41. The molecule has 0 aliphatic carbocycles. The van der Waals surface area contributed by atoms with Gasteiger partial charge in [0, 0.05) is 18.7 Å². The molecule has 0 aliphatic rings. The van der Waals surface area contributed by atoms with Crippen LogP contribution in [-0.2, 0) is 10.5 Å². The molecule has 0 amide bonds. The molecule has 13 heavy (non-hydrogen) atoms. The molecule has 4 heteroatoms. The summed E-state index contributed by atoms with van der Waals surface area (Å²) in [5.41, 5.74) is 0.349. The van der Waals surface area contributed by atoms with Crippen LogP contribution >= 0.6 is 11.8 Å². The molecule has 0 atom stereocenters. The van der Waals surface area contributed by atoms with E-state index in [1.54, 1.807) is 0 Å². The second-order valence-electron chi connectivity index (χ2n) is 2.52. The lowest BCUT2D eigenvalue weighted by Gasteiger charge is -2.00. The van der Waals surface area contributed by atoms with Crippen molar-refractivity contribution >= 4 is 16.9 Å². The Labute approximate surface area is 79.1 Å². The average molecular weight is 202 g/mol. The molecule has 1 rings (SSSR count). The van der Waals surface area contributed by atoms with E-state index >= 15 is 0 Å². The van der Waals surface area contributed by atoms with E-state index in [2.05, 4.69) is 0 Å². The number of carbonyl (C=O) groups is 1. The van der Waals surface area contributed by atoms with Crippen LogP contribution in [0.3, 0.4) is 0 Å². The number of carbonyl (C=O) groups excluding carboxylic acids is 1. The van der Waals surface area contributed by atoms with Gasteiger partial charge in [0.05, 0.1) is 0 Å². The summed E-state index contributed by atoms with van der Waals surface area (Å²) in [4.78, 5) is 10.6. The number of halogens is 2. The molecular weight excluding hydrogens is 194 g/mol. The topological polar surface area (TPSA) is 17.1 Å². The summed E-state index contributed by atoms with van der Waals surface area (Å²) >= 11 is 1.00. The van der Waals surface area contributed by atoms with E-state index in [1.807, 2.05) is 0 Å². The van der Waals surface area contributed by atoms with Gasteiger partial charge in [-0.25, -0.2) is 8.78 Å². The van der Waals surface area contributed by atoms with Gasteiger partial charge < -0.3 is 0 Å². The molecule has 0 radical (unpaired) electrons. The van der Waals surface area contributed by atoms with Crippen molar-refractivity contribution in [3.8, 4) is 0 Å². The Hall–Kier alpha value is -0.900. The molecule has 1 aromatic rings. The van der Waals surface area contributed by atoms with Gasteiger partial charge >= 0.3 is 0 Å². The second-order valence-corrected chi connectivity index (χ2v) is 3.67. The maximum Gasteiger partial charge on any atom is 0.186 e. The van der Waals surface area contributed by atoms with E-state index in [0.717, 1.165) is 17.8 Å². The highest BCUT2D eigenvalue weighted by Crippen LogP contribution is 2.16. The van der Waals surface area contributed by atoms with Gasteiger partial charge in [0.1, 0.15) is 11.6 Å². The highest BCUT2D eigenvalue weighted by molar-refractivity contribution is 8.12. The first-order valence-corrected chi connectivity index (χ1v) is 4.65. The molecular formula is C9H8F2OS. The quantitative estimate of drug-likeness (QED) is 0.733. The molecule has 0 aliphatic heterocycles. The maximum atomic E-state index is 12.9. The first-order chi connectivity index (χ1) is 6.09. The fourth-order valence-electron chi connectivity index (χ4n) is 0.818. The molecule has 70 valence electrons. The van der Waals surface area contributed by atoms with E-state index in [0.29, 0.717) is 5.56 Å². The van der Waals surface area contributed by atoms with Crippen LogP contribution in [0.1, 0.15) is 12.5 Å². The van der Waals surface area contributed by atoms with Crippen LogP contribution in [0, 0.1) is 11.6 Å². The highest BCUT2D eigenvalue weighted by atomic mass is 32.2. The molecule has 0 bridgehead atoms. The second kappa shape index (κ2) is 4.37. The molecule has 0 saturated heterocycles. The summed E-state index contributed by atoms with van der Waals surface area (Å²) in [6.45, 7) is 1.41. The summed E-state index contributed by atoms with van der Waals surface area (Å²) in [5, 5.41) is -0.0799. The Morgan fingerprint density at radius 1 is 1.46 bits per heavy atom. The van der Waals surface area contributed by atoms with Crippen molar-refractivity contribution in [1.29, 1.82) is 0 Å². The highest BCUT2D eigenvalue weighted by Gasteiger charge is 2.04. The number of rotatable bonds is 2. The molecule has 0 fully saturated rings. The number of hydrogen-bond acceptors (Lipinski definition) is 2. The molecule has 0 saturated carbocycles. The van der Waals surface area contributed by atoms with Crippen LogP contribution in [0.5, 0.6) is 0 Å². The summed E-state index contributed by atoms with van der Waals surface area (Å²) in [5.74, 6) is -0.954. The lowest BCUT2D eigenvalue weighted by molar-refractivity contribution is -0.109. The molecule has 0 aromatic heterocycles. The van der Waals surface area contributed by atoms with Crippen LogP contribution < -0.4 is 0 Å². The number of thioether (sulfide) groups is 1. The van der Waals surface area contributed by atoms with E-state index in [1.165, 1.54) is 19.1 Å². The van der Waals surface area contributed by atoms with Crippen molar-refractivity contribution in [3.63, 3.8) is 0 Å². The Morgan fingerprint density at radius 2 is 2.15 bits per heavy atom. The molecule has 0 spiro atoms. The van der Waals surface area contributed by atoms with Crippen LogP contribution in [0.25, 0.3) is 0 Å². The third-order valence-electron chi connectivity index (χ3n) is 1.45. The third kappa shape index (κ3) is 3.14. The van der Waals surface area contributed by atoms with Crippen LogP contribution in [-0.4, -0.2) is 5.12 Å². The average Bonchev–Trinajstić information content (AvgIpc) is 2.02. The summed E-state index contributed by atoms with van der Waals surface area (Å²) in [6, 6.07) is 3.34. The smallest absolute Gasteiger partial charge is 0.186 e. The van der Waals surface area contributed by atoms with E-state index in [4.69, 9.17) is 0 Å². The normalized spacial score (nSPS) is 10.1. The monoisotopic (exact) mass is 202 g/mol. The molecule has 0 unspecified atom stereocenters. The van der Waals surface area contributed by atoms with Gasteiger partial charge in [-0.05, 0) is 11.6 Å². The number of benzene rings is 1. The minimum Gasteiger partial charge on any atom is -0.288 e. The third-order valence-corrected chi connectivity index (χ3v) is 2.31. The van der Waals surface area contributed by atoms with Crippen molar-refractivity contribution in [2.24, 2.45) is 0 Å². The van der Waals surface area contributed by atoms with Crippen LogP contribution in [0.15, 0.2) is 18.2 Å². The zero-order valence-corrected chi connectivity index (χ0v) is 7.83. The Morgan fingerprint density at radius 3 is 2.69 bits per heavy atom. The fraction of sp³-hybridized carbons (Fsp3) is 0.222. The SMILES string of the molecule is CC(=O)SCc1ccc(F)cc1F. The van der Waals surface area contributed by atoms with Crippen molar-refractivity contribution < 1.29 is 13.6 Å². The van der Waals surface area contributed by atoms with Gasteiger partial charge in [0.15, 0.2) is 5.12 Å². The standard InChI is InChI=1S/C9H8F2OS/c1-6(12)13-5-7-2-3-8(10)4-9(7)11/h2-4H,5H2,1H3. The zero-order valence-electron chi connectivity index (χ0n) is 7.01. The summed E-state index contributed by atoms with van der Waals surface area (Å²) in [6.07, 6.45) is 0. The van der Waals surface area contributed by atoms with E-state index in [-0.39, 0.29) is 10.9 Å². The lowest BCUT2D eigenvalue weighted by atomic mass is 10.2. The first-order valence-electron chi connectivity index (χ1n) is 3.67. The van der Waals surface area contributed by atoms with Gasteiger partial charge in [-0.1, -0.05) is 17.8 Å². The van der Waals surface area contributed by atoms with Crippen LogP contribution in [0.4, 0.5) is 8.78 Å². The first kappa shape index (κ1) is 10.2. The van der Waals surface area contributed by atoms with Crippen molar-refractivity contribution in [1.82, 2.24) is 0 Å². The predicted octanol–water partition coefficient (Wildman–Crippen LogP) is 2.74. The minimum atomic E-state index is -0.603. The Balaban J connectivity index is 2.72. The maximum absolute atomic E-state index is 12.9. The summed E-state index contributed by atoms with van der Waals surface area (Å²) in [7, 11) is 0. The lowest BCUT2D eigenvalue weighted by Crippen LogP contribution is -1.91. The predicted molar refractivity (Wildman–Crippen MR) is 48.3 cm³/mol. The minimum absolute atomic E-state index is 0.0799. The van der Waals surface area contributed by atoms with Gasteiger partial charge in [-0.15, -0.1) is 0 Å². The van der Waals surface area contributed by atoms with Gasteiger partial charge in [0.25, 0.3) is 0 Å². The van der Waals surface area contributed by atoms with Gasteiger partial charge in [0.2, 0.25) is 0 Å². The van der Waals surface area contributed by atoms with Crippen molar-refractivity contribution in [3.05, 3.63) is 35.4 Å². The van der Waals surface area contributed by atoms with E-state index < -0.39 is 11.6 Å². The Bertz CT molecular complexity index is 325. The Kier molecular flexibility index (Phi) is 3.42. The zero-order chi connectivity index (χ0) is 9.84. The molecule has 1 nitrogen and oxygen atoms in total. The molecule has 0 N–H and O–H groups in total. The number of hydrogen-bond donors (Lipinski definition) is 0. The molecule has 1 aromatic carbocycles.